The molecule has 0 atom stereocenters. The minimum Gasteiger partial charge on any atom is -0.392 e. The topological polar surface area (TPSA) is 33.1 Å². The zero-order valence-corrected chi connectivity index (χ0v) is 8.43. The molecule has 2 heteroatoms. The maximum atomic E-state index is 9.18. The van der Waals surface area contributed by atoms with Crippen LogP contribution in [0.15, 0.2) is 48.7 Å². The molecule has 0 radical (unpaired) electrons. The van der Waals surface area contributed by atoms with Crippen molar-refractivity contribution in [1.29, 1.82) is 0 Å². The van der Waals surface area contributed by atoms with E-state index in [1.54, 1.807) is 6.20 Å². The molecule has 0 saturated heterocycles. The van der Waals surface area contributed by atoms with E-state index >= 15 is 0 Å². The van der Waals surface area contributed by atoms with E-state index in [9.17, 15) is 5.11 Å². The molecule has 0 aliphatic rings. The third-order valence-corrected chi connectivity index (χ3v) is 2.39. The van der Waals surface area contributed by atoms with Crippen molar-refractivity contribution in [2.24, 2.45) is 0 Å². The molecule has 76 valence electrons. The number of pyridine rings is 1. The normalized spacial score (nSPS) is 10.2. The molecule has 2 rings (SSSR count). The van der Waals surface area contributed by atoms with Crippen molar-refractivity contribution in [2.75, 3.05) is 0 Å². The van der Waals surface area contributed by atoms with Crippen LogP contribution in [0.25, 0.3) is 0 Å². The number of aromatic nitrogens is 1. The minimum atomic E-state index is 0.0863. The number of aliphatic hydroxyl groups excluding tert-OH is 1. The predicted octanol–water partition coefficient (Wildman–Crippen LogP) is 2.16. The molecule has 2 aromatic rings. The number of benzene rings is 1. The van der Waals surface area contributed by atoms with Crippen LogP contribution in [-0.2, 0) is 13.0 Å². The van der Waals surface area contributed by atoms with Crippen LogP contribution in [0.2, 0.25) is 0 Å². The molecule has 0 saturated carbocycles. The summed E-state index contributed by atoms with van der Waals surface area (Å²) in [5.74, 6) is 0. The van der Waals surface area contributed by atoms with Crippen LogP contribution in [0.1, 0.15) is 16.8 Å². The second-order valence-electron chi connectivity index (χ2n) is 3.42. The van der Waals surface area contributed by atoms with Gasteiger partial charge in [0.1, 0.15) is 0 Å². The van der Waals surface area contributed by atoms with Gasteiger partial charge < -0.3 is 5.11 Å². The maximum absolute atomic E-state index is 9.18. The van der Waals surface area contributed by atoms with E-state index in [1.807, 2.05) is 42.5 Å². The van der Waals surface area contributed by atoms with E-state index in [4.69, 9.17) is 0 Å². The van der Waals surface area contributed by atoms with E-state index in [-0.39, 0.29) is 6.61 Å². The second kappa shape index (κ2) is 4.71. The first kappa shape index (κ1) is 9.87. The van der Waals surface area contributed by atoms with Crippen molar-refractivity contribution in [3.8, 4) is 0 Å². The van der Waals surface area contributed by atoms with E-state index in [2.05, 4.69) is 4.98 Å². The Morgan fingerprint density at radius 3 is 2.33 bits per heavy atom. The van der Waals surface area contributed by atoms with Gasteiger partial charge in [-0.05, 0) is 23.3 Å². The molecule has 1 heterocycles. The zero-order chi connectivity index (χ0) is 10.5. The molecule has 0 aliphatic carbocycles. The highest BCUT2D eigenvalue weighted by atomic mass is 16.3. The van der Waals surface area contributed by atoms with Gasteiger partial charge in [0.05, 0.1) is 6.61 Å². The van der Waals surface area contributed by atoms with Crippen molar-refractivity contribution < 1.29 is 5.11 Å². The fourth-order valence-electron chi connectivity index (χ4n) is 1.58. The Hall–Kier alpha value is -1.67. The van der Waals surface area contributed by atoms with Crippen LogP contribution < -0.4 is 0 Å². The number of aliphatic hydroxyl groups is 1. The summed E-state index contributed by atoms with van der Waals surface area (Å²) in [4.78, 5) is 4.27. The highest BCUT2D eigenvalue weighted by Crippen LogP contribution is 2.12. The Morgan fingerprint density at radius 2 is 1.67 bits per heavy atom. The average molecular weight is 199 g/mol. The first-order valence-electron chi connectivity index (χ1n) is 4.97. The van der Waals surface area contributed by atoms with E-state index < -0.39 is 0 Å². The van der Waals surface area contributed by atoms with Crippen LogP contribution in [0.5, 0.6) is 0 Å². The Labute approximate surface area is 89.2 Å². The van der Waals surface area contributed by atoms with E-state index in [0.29, 0.717) is 0 Å². The first-order valence-corrected chi connectivity index (χ1v) is 4.97. The zero-order valence-electron chi connectivity index (χ0n) is 8.43. The fraction of sp³-hybridized carbons (Fsp3) is 0.154. The lowest BCUT2D eigenvalue weighted by Gasteiger charge is -2.06. The number of nitrogens with zero attached hydrogens (tertiary/aromatic N) is 1. The van der Waals surface area contributed by atoms with Gasteiger partial charge in [-0.1, -0.05) is 30.3 Å². The Balaban J connectivity index is 2.24. The number of hydrogen-bond acceptors (Lipinski definition) is 2. The van der Waals surface area contributed by atoms with Gasteiger partial charge in [-0.25, -0.2) is 0 Å². The smallest absolute Gasteiger partial charge is 0.0684 e. The van der Waals surface area contributed by atoms with Crippen LogP contribution in [0.4, 0.5) is 0 Å². The van der Waals surface area contributed by atoms with Gasteiger partial charge in [0.2, 0.25) is 0 Å². The quantitative estimate of drug-likeness (QED) is 0.821. The van der Waals surface area contributed by atoms with Gasteiger partial charge in [-0.2, -0.15) is 0 Å². The molecule has 15 heavy (non-hydrogen) atoms. The van der Waals surface area contributed by atoms with Crippen molar-refractivity contribution in [2.45, 2.75) is 13.0 Å². The molecule has 1 N–H and O–H groups in total. The molecular formula is C13H13NO. The van der Waals surface area contributed by atoms with Gasteiger partial charge in [-0.15, -0.1) is 0 Å². The third kappa shape index (κ3) is 2.42. The lowest BCUT2D eigenvalue weighted by Crippen LogP contribution is -1.96. The second-order valence-corrected chi connectivity index (χ2v) is 3.42. The summed E-state index contributed by atoms with van der Waals surface area (Å²) in [5.41, 5.74) is 3.14. The molecule has 1 aromatic carbocycles. The van der Waals surface area contributed by atoms with Gasteiger partial charge in [0, 0.05) is 18.3 Å². The monoisotopic (exact) mass is 199 g/mol. The number of rotatable bonds is 3. The molecule has 1 aromatic heterocycles. The fourth-order valence-corrected chi connectivity index (χ4v) is 1.58. The van der Waals surface area contributed by atoms with Crippen molar-refractivity contribution in [1.82, 2.24) is 4.98 Å². The lowest BCUT2D eigenvalue weighted by molar-refractivity contribution is 0.281. The first-order chi connectivity index (χ1) is 7.40. The predicted molar refractivity (Wildman–Crippen MR) is 59.4 cm³/mol. The molecule has 0 aliphatic heterocycles. The standard InChI is InChI=1S/C13H13NO/c15-10-12-6-2-1-5-11(12)9-13-7-3-4-8-14-13/h1-8,15H,9-10H2. The molecule has 0 spiro atoms. The van der Waals surface area contributed by atoms with Crippen molar-refractivity contribution in [3.63, 3.8) is 0 Å². The Kier molecular flexibility index (Phi) is 3.10. The van der Waals surface area contributed by atoms with Crippen LogP contribution in [0.3, 0.4) is 0 Å². The van der Waals surface area contributed by atoms with Crippen LogP contribution >= 0.6 is 0 Å². The van der Waals surface area contributed by atoms with Crippen LogP contribution in [0, 0.1) is 0 Å². The summed E-state index contributed by atoms with van der Waals surface area (Å²) in [5, 5.41) is 9.18. The SMILES string of the molecule is OCc1ccccc1Cc1ccccn1. The third-order valence-electron chi connectivity index (χ3n) is 2.39. The Morgan fingerprint density at radius 1 is 0.933 bits per heavy atom. The van der Waals surface area contributed by atoms with Gasteiger partial charge in [-0.3, -0.25) is 4.98 Å². The molecular weight excluding hydrogens is 186 g/mol. The highest BCUT2D eigenvalue weighted by Gasteiger charge is 2.01. The summed E-state index contributed by atoms with van der Waals surface area (Å²) < 4.78 is 0. The average Bonchev–Trinajstić information content (AvgIpc) is 2.31. The molecule has 0 amide bonds. The summed E-state index contributed by atoms with van der Waals surface area (Å²) in [7, 11) is 0. The summed E-state index contributed by atoms with van der Waals surface area (Å²) in [6.07, 6.45) is 2.56. The van der Waals surface area contributed by atoms with Crippen molar-refractivity contribution in [3.05, 3.63) is 65.5 Å². The lowest BCUT2D eigenvalue weighted by atomic mass is 10.0. The highest BCUT2D eigenvalue weighted by molar-refractivity contribution is 5.30. The molecule has 0 bridgehead atoms. The molecule has 0 fully saturated rings. The maximum Gasteiger partial charge on any atom is 0.0684 e. The molecule has 2 nitrogen and oxygen atoms in total. The van der Waals surface area contributed by atoms with Crippen LogP contribution in [-0.4, -0.2) is 10.1 Å². The summed E-state index contributed by atoms with van der Waals surface area (Å²) >= 11 is 0. The summed E-state index contributed by atoms with van der Waals surface area (Å²) in [6.45, 7) is 0.0863. The van der Waals surface area contributed by atoms with Crippen molar-refractivity contribution >= 4 is 0 Å². The van der Waals surface area contributed by atoms with E-state index in [0.717, 1.165) is 23.2 Å². The van der Waals surface area contributed by atoms with E-state index in [1.165, 1.54) is 0 Å². The van der Waals surface area contributed by atoms with Gasteiger partial charge in [0.15, 0.2) is 0 Å². The largest absolute Gasteiger partial charge is 0.392 e. The number of hydrogen-bond donors (Lipinski definition) is 1. The molecule has 0 unspecified atom stereocenters. The van der Waals surface area contributed by atoms with Gasteiger partial charge in [0.25, 0.3) is 0 Å². The minimum absolute atomic E-state index is 0.0863. The Bertz CT molecular complexity index is 426. The van der Waals surface area contributed by atoms with Gasteiger partial charge >= 0.3 is 0 Å². The summed E-state index contributed by atoms with van der Waals surface area (Å²) in [6, 6.07) is 13.8.